The number of aromatic nitrogens is 4. The fourth-order valence-electron chi connectivity index (χ4n) is 10.3. The largest absolute Gasteiger partial charge is 0.456 e. The van der Waals surface area contributed by atoms with Gasteiger partial charge in [-0.05, 0) is 86.9 Å². The molecule has 14 rings (SSSR count). The number of benzene rings is 7. The molecule has 7 heterocycles. The van der Waals surface area contributed by atoms with Gasteiger partial charge in [-0.15, -0.1) is 0 Å². The number of pyridine rings is 2. The quantitative estimate of drug-likeness (QED) is 0.0926. The highest BCUT2D eigenvalue weighted by Crippen LogP contribution is 2.57. The Balaban J connectivity index is 1.24. The van der Waals surface area contributed by atoms with Gasteiger partial charge in [0.1, 0.15) is 46.1 Å². The summed E-state index contributed by atoms with van der Waals surface area (Å²) < 4.78 is 16.9. The van der Waals surface area contributed by atoms with E-state index in [0.717, 1.165) is 17.3 Å². The van der Waals surface area contributed by atoms with Gasteiger partial charge in [0.25, 0.3) is 11.5 Å². The predicted octanol–water partition coefficient (Wildman–Crippen LogP) is 9.41. The fourth-order valence-corrected chi connectivity index (χ4v) is 10.3. The Hall–Kier alpha value is -6.72. The Morgan fingerprint density at radius 1 is 0.480 bits per heavy atom. The summed E-state index contributed by atoms with van der Waals surface area (Å²) in [5.74, 6) is 2.96. The lowest BCUT2D eigenvalue weighted by atomic mass is 9.83. The molecule has 0 bridgehead atoms. The van der Waals surface area contributed by atoms with E-state index in [-0.39, 0.29) is 0 Å². The molecule has 0 saturated carbocycles. The van der Waals surface area contributed by atoms with Gasteiger partial charge in [0.05, 0.1) is 11.6 Å². The van der Waals surface area contributed by atoms with Crippen LogP contribution in [0.2, 0.25) is 0 Å². The zero-order chi connectivity index (χ0) is 32.0. The van der Waals surface area contributed by atoms with E-state index in [1.54, 1.807) is 0 Å². The summed E-state index contributed by atoms with van der Waals surface area (Å²) in [6, 6.07) is 46.9. The number of imidazole rings is 1. The van der Waals surface area contributed by atoms with Crippen molar-refractivity contribution in [3.05, 3.63) is 157 Å². The van der Waals surface area contributed by atoms with Crippen molar-refractivity contribution in [1.29, 1.82) is 0 Å². The molecular formula is C45H24N4O+2. The van der Waals surface area contributed by atoms with Gasteiger partial charge >= 0.3 is 5.66 Å². The molecule has 0 amide bonds. The van der Waals surface area contributed by atoms with Crippen molar-refractivity contribution in [3.8, 4) is 17.3 Å². The highest BCUT2D eigenvalue weighted by molar-refractivity contribution is 6.29. The van der Waals surface area contributed by atoms with Crippen LogP contribution in [0.1, 0.15) is 11.1 Å². The van der Waals surface area contributed by atoms with Gasteiger partial charge < -0.3 is 4.74 Å². The van der Waals surface area contributed by atoms with Crippen LogP contribution >= 0.6 is 0 Å². The zero-order valence-electron chi connectivity index (χ0n) is 26.6. The minimum absolute atomic E-state index is 0.670. The second-order valence-electron chi connectivity index (χ2n) is 14.1. The van der Waals surface area contributed by atoms with Gasteiger partial charge in [-0.25, -0.2) is 0 Å². The van der Waals surface area contributed by atoms with E-state index in [4.69, 9.17) is 4.74 Å². The minimum Gasteiger partial charge on any atom is -0.456 e. The first-order valence-corrected chi connectivity index (χ1v) is 17.3. The van der Waals surface area contributed by atoms with Crippen LogP contribution in [0.5, 0.6) is 11.5 Å². The third-order valence-corrected chi connectivity index (χ3v) is 12.1. The van der Waals surface area contributed by atoms with E-state index in [1.165, 1.54) is 92.6 Å². The van der Waals surface area contributed by atoms with E-state index >= 15 is 0 Å². The Morgan fingerprint density at radius 2 is 1.14 bits per heavy atom. The van der Waals surface area contributed by atoms with E-state index < -0.39 is 5.66 Å². The third-order valence-electron chi connectivity index (χ3n) is 12.1. The molecule has 0 radical (unpaired) electrons. The molecule has 5 heteroatoms. The van der Waals surface area contributed by atoms with Crippen molar-refractivity contribution in [1.82, 2.24) is 8.97 Å². The standard InChI is InChI=1S/C45H24N4O/c1-3-11-27-25(9-1)26-10-2-4-12-28(26)33-24-36-34(23-32(27)33)30-16-18-37-41-40(30)44-46(36)21-22-48(44)45(41)42-38(50-37)19-17-31-29-13-5-6-14-35(29)49(43(31)42)39-15-7-8-20-47(39)45/h1-24H/q+2. The molecule has 50 heavy (non-hydrogen) atoms. The lowest BCUT2D eigenvalue weighted by Crippen LogP contribution is -2.75. The Bertz CT molecular complexity index is 3480. The average Bonchev–Trinajstić information content (AvgIpc) is 3.86. The molecule has 7 aromatic carbocycles. The summed E-state index contributed by atoms with van der Waals surface area (Å²) >= 11 is 0. The maximum Gasteiger partial charge on any atom is 0.318 e. The van der Waals surface area contributed by atoms with Crippen molar-refractivity contribution >= 4 is 81.4 Å². The zero-order valence-corrected chi connectivity index (χ0v) is 26.6. The van der Waals surface area contributed by atoms with Crippen LogP contribution < -0.4 is 13.9 Å². The van der Waals surface area contributed by atoms with Crippen molar-refractivity contribution < 1.29 is 13.9 Å². The maximum absolute atomic E-state index is 6.98. The summed E-state index contributed by atoms with van der Waals surface area (Å²) in [4.78, 5) is 0. The summed E-state index contributed by atoms with van der Waals surface area (Å²) in [7, 11) is 0. The summed E-state index contributed by atoms with van der Waals surface area (Å²) in [5.41, 5.74) is 6.54. The van der Waals surface area contributed by atoms with Crippen LogP contribution in [0.15, 0.2) is 146 Å². The second-order valence-corrected chi connectivity index (χ2v) is 14.1. The molecule has 3 aliphatic heterocycles. The number of fused-ring (bicyclic) bond motifs is 14. The van der Waals surface area contributed by atoms with E-state index in [1.807, 2.05) is 0 Å². The molecule has 228 valence electrons. The number of rotatable bonds is 0. The molecule has 1 atom stereocenters. The van der Waals surface area contributed by atoms with Crippen LogP contribution in [-0.4, -0.2) is 8.97 Å². The Labute approximate surface area is 283 Å². The highest BCUT2D eigenvalue weighted by Gasteiger charge is 2.64. The lowest BCUT2D eigenvalue weighted by molar-refractivity contribution is -0.956. The normalized spacial score (nSPS) is 16.6. The van der Waals surface area contributed by atoms with Crippen molar-refractivity contribution in [2.45, 2.75) is 5.66 Å². The molecule has 5 nitrogen and oxygen atoms in total. The maximum atomic E-state index is 6.98. The van der Waals surface area contributed by atoms with Crippen molar-refractivity contribution in [3.63, 3.8) is 0 Å². The van der Waals surface area contributed by atoms with E-state index in [0.29, 0.717) is 0 Å². The molecule has 0 saturated heterocycles. The van der Waals surface area contributed by atoms with Gasteiger partial charge in [0.2, 0.25) is 0 Å². The summed E-state index contributed by atoms with van der Waals surface area (Å²) in [6.07, 6.45) is 6.84. The number of para-hydroxylation sites is 1. The molecule has 11 aromatic rings. The molecular weight excluding hydrogens is 613 g/mol. The molecule has 0 fully saturated rings. The molecule has 0 N–H and O–H groups in total. The Morgan fingerprint density at radius 3 is 1.94 bits per heavy atom. The summed E-state index contributed by atoms with van der Waals surface area (Å²) in [5, 5.41) is 13.9. The molecule has 1 spiro atoms. The van der Waals surface area contributed by atoms with E-state index in [2.05, 4.69) is 164 Å². The summed E-state index contributed by atoms with van der Waals surface area (Å²) in [6.45, 7) is 0. The van der Waals surface area contributed by atoms with Gasteiger partial charge in [-0.2, -0.15) is 18.1 Å². The van der Waals surface area contributed by atoms with Gasteiger partial charge in [0, 0.05) is 27.6 Å². The molecule has 1 unspecified atom stereocenters. The number of nitrogens with zero attached hydrogens (tertiary/aromatic N) is 4. The van der Waals surface area contributed by atoms with Crippen LogP contribution in [0.4, 0.5) is 0 Å². The first-order chi connectivity index (χ1) is 24.8. The lowest BCUT2D eigenvalue weighted by Gasteiger charge is -2.36. The smallest absolute Gasteiger partial charge is 0.318 e. The number of ether oxygens (including phenoxy) is 1. The molecule has 3 aliphatic rings. The van der Waals surface area contributed by atoms with Crippen LogP contribution in [0.3, 0.4) is 0 Å². The van der Waals surface area contributed by atoms with Crippen molar-refractivity contribution in [2.75, 3.05) is 0 Å². The minimum atomic E-state index is -0.670. The monoisotopic (exact) mass is 636 g/mol. The Kier molecular flexibility index (Phi) is 3.80. The van der Waals surface area contributed by atoms with E-state index in [9.17, 15) is 0 Å². The fraction of sp³-hybridized carbons (Fsp3) is 0.0222. The van der Waals surface area contributed by atoms with Gasteiger partial charge in [0.15, 0.2) is 5.52 Å². The molecule has 4 aromatic heterocycles. The van der Waals surface area contributed by atoms with Crippen molar-refractivity contribution in [2.24, 2.45) is 0 Å². The average molecular weight is 637 g/mol. The highest BCUT2D eigenvalue weighted by atomic mass is 16.5. The van der Waals surface area contributed by atoms with Crippen LogP contribution in [0.25, 0.3) is 87.3 Å². The first kappa shape index (κ1) is 24.4. The predicted molar refractivity (Wildman–Crippen MR) is 198 cm³/mol. The SMILES string of the molecule is c1cc[n+]2c(c1)-n1c3ccccc3c3ccc4c(c31)C21c2c(ccc3c5cc6c7ccccc7c7ccccc7c6cc5n5cc[n+]1c5c23)O4. The first-order valence-electron chi connectivity index (χ1n) is 17.3. The topological polar surface area (TPSA) is 26.3 Å². The van der Waals surface area contributed by atoms with Gasteiger partial charge in [-0.1, -0.05) is 66.7 Å². The molecule has 0 aliphatic carbocycles. The van der Waals surface area contributed by atoms with Crippen LogP contribution in [-0.2, 0) is 5.66 Å². The third kappa shape index (κ3) is 2.37. The number of hydrogen-bond acceptors (Lipinski definition) is 1. The van der Waals surface area contributed by atoms with Gasteiger partial charge in [-0.3, -0.25) is 0 Å². The number of hydrogen-bond donors (Lipinski definition) is 0. The van der Waals surface area contributed by atoms with Crippen LogP contribution in [0, 0.1) is 0 Å². The second kappa shape index (κ2) is 7.77.